The molecular weight excluding hydrogens is 258 g/mol. The molecule has 0 saturated carbocycles. The van der Waals surface area contributed by atoms with E-state index in [0.29, 0.717) is 16.9 Å². The van der Waals surface area contributed by atoms with Crippen molar-refractivity contribution in [1.82, 2.24) is 4.90 Å². The molecule has 0 fully saturated rings. The van der Waals surface area contributed by atoms with Gasteiger partial charge in [0.05, 0.1) is 11.6 Å². The molecule has 0 aliphatic rings. The lowest BCUT2D eigenvalue weighted by atomic mass is 10.1. The van der Waals surface area contributed by atoms with Crippen LogP contribution in [0.4, 0.5) is 11.4 Å². The van der Waals surface area contributed by atoms with Crippen molar-refractivity contribution in [2.24, 2.45) is 0 Å². The minimum atomic E-state index is -0.0987. The first kappa shape index (κ1) is 13.4. The van der Waals surface area contributed by atoms with E-state index in [1.165, 1.54) is 0 Å². The van der Waals surface area contributed by atoms with Gasteiger partial charge in [-0.25, -0.2) is 0 Å². The Morgan fingerprint density at radius 2 is 2.05 bits per heavy atom. The van der Waals surface area contributed by atoms with Crippen molar-refractivity contribution in [3.63, 3.8) is 0 Å². The molecule has 0 aliphatic heterocycles. The molecule has 1 amide bonds. The normalized spacial score (nSPS) is 12.1. The zero-order valence-corrected chi connectivity index (χ0v) is 11.8. The quantitative estimate of drug-likeness (QED) is 0.846. The maximum absolute atomic E-state index is 12.4. The molecule has 2 rings (SSSR count). The Hall–Kier alpha value is -2.01. The Balaban J connectivity index is 2.24. The van der Waals surface area contributed by atoms with E-state index in [1.807, 2.05) is 24.4 Å². The number of nitrogen functional groups attached to an aromatic ring is 2. The van der Waals surface area contributed by atoms with Gasteiger partial charge in [-0.1, -0.05) is 6.07 Å². The predicted octanol–water partition coefficient (Wildman–Crippen LogP) is 2.75. The fourth-order valence-electron chi connectivity index (χ4n) is 1.86. The standard InChI is InChI=1S/C14H17N3OS/c1-9(13-4-3-7-19-13)17(2)14(18)11-6-5-10(15)8-12(11)16/h3-9H,15-16H2,1-2H3. The topological polar surface area (TPSA) is 72.3 Å². The van der Waals surface area contributed by atoms with E-state index < -0.39 is 0 Å². The number of hydrogen-bond acceptors (Lipinski definition) is 4. The van der Waals surface area contributed by atoms with Gasteiger partial charge in [-0.15, -0.1) is 11.3 Å². The Morgan fingerprint density at radius 1 is 1.32 bits per heavy atom. The number of nitrogens with two attached hydrogens (primary N) is 2. The zero-order valence-electron chi connectivity index (χ0n) is 11.0. The molecule has 5 heteroatoms. The van der Waals surface area contributed by atoms with Gasteiger partial charge in [0.15, 0.2) is 0 Å². The fraction of sp³-hybridized carbons (Fsp3) is 0.214. The lowest BCUT2D eigenvalue weighted by Gasteiger charge is -2.24. The molecule has 0 saturated heterocycles. The van der Waals surface area contributed by atoms with E-state index in [4.69, 9.17) is 11.5 Å². The molecule has 0 spiro atoms. The molecule has 1 aromatic carbocycles. The van der Waals surface area contributed by atoms with Crippen molar-refractivity contribution in [2.75, 3.05) is 18.5 Å². The molecular formula is C14H17N3OS. The second kappa shape index (κ2) is 5.32. The van der Waals surface area contributed by atoms with Gasteiger partial charge >= 0.3 is 0 Å². The average Bonchev–Trinajstić information content (AvgIpc) is 2.90. The molecule has 100 valence electrons. The Labute approximate surface area is 116 Å². The van der Waals surface area contributed by atoms with E-state index in [1.54, 1.807) is 41.5 Å². The SMILES string of the molecule is CC(c1cccs1)N(C)C(=O)c1ccc(N)cc1N. The summed E-state index contributed by atoms with van der Waals surface area (Å²) in [6, 6.07) is 8.98. The molecule has 1 heterocycles. The van der Waals surface area contributed by atoms with Crippen LogP contribution >= 0.6 is 11.3 Å². The van der Waals surface area contributed by atoms with Crippen LogP contribution in [0.15, 0.2) is 35.7 Å². The maximum atomic E-state index is 12.4. The molecule has 2 aromatic rings. The smallest absolute Gasteiger partial charge is 0.256 e. The molecule has 0 bridgehead atoms. The fourth-order valence-corrected chi connectivity index (χ4v) is 2.69. The molecule has 1 atom stereocenters. The van der Waals surface area contributed by atoms with E-state index >= 15 is 0 Å². The number of benzene rings is 1. The number of carbonyl (C=O) groups is 1. The van der Waals surface area contributed by atoms with Gasteiger partial charge in [-0.2, -0.15) is 0 Å². The molecule has 1 aromatic heterocycles. The van der Waals surface area contributed by atoms with Gasteiger partial charge in [0.2, 0.25) is 0 Å². The first-order valence-electron chi connectivity index (χ1n) is 5.96. The van der Waals surface area contributed by atoms with Gasteiger partial charge in [-0.05, 0) is 36.6 Å². The van der Waals surface area contributed by atoms with Crippen molar-refractivity contribution in [1.29, 1.82) is 0 Å². The van der Waals surface area contributed by atoms with Crippen molar-refractivity contribution in [2.45, 2.75) is 13.0 Å². The third-order valence-electron chi connectivity index (χ3n) is 3.16. The Bertz CT molecular complexity index is 580. The van der Waals surface area contributed by atoms with E-state index in [9.17, 15) is 4.79 Å². The van der Waals surface area contributed by atoms with Crippen molar-refractivity contribution >= 4 is 28.6 Å². The van der Waals surface area contributed by atoms with Crippen LogP contribution in [0.5, 0.6) is 0 Å². The third-order valence-corrected chi connectivity index (χ3v) is 4.20. The summed E-state index contributed by atoms with van der Waals surface area (Å²) in [5.74, 6) is -0.0987. The number of hydrogen-bond donors (Lipinski definition) is 2. The minimum absolute atomic E-state index is 0.0180. The average molecular weight is 275 g/mol. The molecule has 0 radical (unpaired) electrons. The van der Waals surface area contributed by atoms with Crippen LogP contribution in [-0.4, -0.2) is 17.9 Å². The van der Waals surface area contributed by atoms with E-state index in [2.05, 4.69) is 0 Å². The summed E-state index contributed by atoms with van der Waals surface area (Å²) < 4.78 is 0. The highest BCUT2D eigenvalue weighted by Crippen LogP contribution is 2.26. The maximum Gasteiger partial charge on any atom is 0.256 e. The van der Waals surface area contributed by atoms with Gasteiger partial charge in [0.1, 0.15) is 0 Å². The second-order valence-electron chi connectivity index (χ2n) is 4.45. The van der Waals surface area contributed by atoms with E-state index in [-0.39, 0.29) is 11.9 Å². The monoisotopic (exact) mass is 275 g/mol. The highest BCUT2D eigenvalue weighted by atomic mass is 32.1. The van der Waals surface area contributed by atoms with Gasteiger partial charge in [0, 0.05) is 23.3 Å². The summed E-state index contributed by atoms with van der Waals surface area (Å²) in [7, 11) is 1.78. The predicted molar refractivity (Wildman–Crippen MR) is 80.1 cm³/mol. The molecule has 0 aliphatic carbocycles. The highest BCUT2D eigenvalue weighted by molar-refractivity contribution is 7.10. The first-order valence-corrected chi connectivity index (χ1v) is 6.84. The van der Waals surface area contributed by atoms with Gasteiger partial charge in [-0.3, -0.25) is 4.79 Å². The molecule has 19 heavy (non-hydrogen) atoms. The second-order valence-corrected chi connectivity index (χ2v) is 5.43. The summed E-state index contributed by atoms with van der Waals surface area (Å²) in [6.07, 6.45) is 0. The molecule has 4 nitrogen and oxygen atoms in total. The Morgan fingerprint density at radius 3 is 2.63 bits per heavy atom. The van der Waals surface area contributed by atoms with Crippen LogP contribution in [0.2, 0.25) is 0 Å². The van der Waals surface area contributed by atoms with Crippen LogP contribution < -0.4 is 11.5 Å². The lowest BCUT2D eigenvalue weighted by Crippen LogP contribution is -2.29. The van der Waals surface area contributed by atoms with E-state index in [0.717, 1.165) is 4.88 Å². The summed E-state index contributed by atoms with van der Waals surface area (Å²) in [5, 5.41) is 2.00. The number of thiophene rings is 1. The summed E-state index contributed by atoms with van der Waals surface area (Å²) in [6.45, 7) is 2.00. The summed E-state index contributed by atoms with van der Waals surface area (Å²) in [5.41, 5.74) is 12.9. The summed E-state index contributed by atoms with van der Waals surface area (Å²) in [4.78, 5) is 15.3. The number of nitrogens with zero attached hydrogens (tertiary/aromatic N) is 1. The first-order chi connectivity index (χ1) is 9.00. The number of rotatable bonds is 3. The highest BCUT2D eigenvalue weighted by Gasteiger charge is 2.21. The number of carbonyl (C=O) groups excluding carboxylic acids is 1. The molecule has 1 unspecified atom stereocenters. The van der Waals surface area contributed by atoms with Crippen LogP contribution in [0, 0.1) is 0 Å². The van der Waals surface area contributed by atoms with Gasteiger partial charge in [0.25, 0.3) is 5.91 Å². The lowest BCUT2D eigenvalue weighted by molar-refractivity contribution is 0.0746. The van der Waals surface area contributed by atoms with Crippen molar-refractivity contribution in [3.05, 3.63) is 46.2 Å². The largest absolute Gasteiger partial charge is 0.399 e. The zero-order chi connectivity index (χ0) is 14.0. The van der Waals surface area contributed by atoms with Crippen molar-refractivity contribution in [3.8, 4) is 0 Å². The summed E-state index contributed by atoms with van der Waals surface area (Å²) >= 11 is 1.63. The van der Waals surface area contributed by atoms with Crippen molar-refractivity contribution < 1.29 is 4.79 Å². The molecule has 4 N–H and O–H groups in total. The third kappa shape index (κ3) is 2.71. The van der Waals surface area contributed by atoms with Gasteiger partial charge < -0.3 is 16.4 Å². The van der Waals surface area contributed by atoms with Crippen LogP contribution in [0.1, 0.15) is 28.2 Å². The minimum Gasteiger partial charge on any atom is -0.399 e. The number of amides is 1. The van der Waals surface area contributed by atoms with Crippen LogP contribution in [0.3, 0.4) is 0 Å². The van der Waals surface area contributed by atoms with Crippen LogP contribution in [-0.2, 0) is 0 Å². The number of anilines is 2. The Kier molecular flexibility index (Phi) is 3.76. The van der Waals surface area contributed by atoms with Crippen LogP contribution in [0.25, 0.3) is 0 Å².